The van der Waals surface area contributed by atoms with Crippen LogP contribution < -0.4 is 5.56 Å². The average molecular weight is 488 g/mol. The number of carbonyl (C=O) groups excluding carboxylic acids is 2. The molecular formula is C23H26BrN3O4. The lowest BCUT2D eigenvalue weighted by atomic mass is 9.98. The molecule has 3 heterocycles. The number of hydrogen-bond acceptors (Lipinski definition) is 4. The van der Waals surface area contributed by atoms with Gasteiger partial charge in [0.15, 0.2) is 0 Å². The molecule has 1 aliphatic heterocycles. The second-order valence-corrected chi connectivity index (χ2v) is 8.80. The number of aromatic nitrogens is 2. The number of halogens is 1. The molecule has 2 aromatic heterocycles. The van der Waals surface area contributed by atoms with Gasteiger partial charge in [-0.25, -0.2) is 0 Å². The van der Waals surface area contributed by atoms with Crippen molar-refractivity contribution in [2.45, 2.75) is 39.2 Å². The predicted octanol–water partition coefficient (Wildman–Crippen LogP) is 3.60. The van der Waals surface area contributed by atoms with Gasteiger partial charge in [-0.3, -0.25) is 14.4 Å². The summed E-state index contributed by atoms with van der Waals surface area (Å²) in [7, 11) is 0. The third kappa shape index (κ3) is 4.39. The van der Waals surface area contributed by atoms with Gasteiger partial charge in [-0.1, -0.05) is 15.9 Å². The number of piperidine rings is 1. The summed E-state index contributed by atoms with van der Waals surface area (Å²) in [5, 5.41) is 0. The highest BCUT2D eigenvalue weighted by Crippen LogP contribution is 2.22. The summed E-state index contributed by atoms with van der Waals surface area (Å²) in [6, 6.07) is 9.55. The second kappa shape index (κ2) is 9.26. The molecule has 1 aliphatic rings. The molecule has 1 atom stereocenters. The molecule has 1 fully saturated rings. The third-order valence-corrected chi connectivity index (χ3v) is 6.36. The van der Waals surface area contributed by atoms with Crippen molar-refractivity contribution < 1.29 is 14.3 Å². The van der Waals surface area contributed by atoms with E-state index < -0.39 is 0 Å². The van der Waals surface area contributed by atoms with E-state index in [2.05, 4.69) is 15.9 Å². The number of amides is 1. The zero-order valence-corrected chi connectivity index (χ0v) is 19.1. The van der Waals surface area contributed by atoms with Gasteiger partial charge in [-0.15, -0.1) is 0 Å². The lowest BCUT2D eigenvalue weighted by Gasteiger charge is -2.31. The number of likely N-dealkylation sites (tertiary alicyclic amines) is 1. The molecule has 0 spiro atoms. The SMILES string of the molecule is CCOC(=O)[C@@H]1CCCN(C(=O)CCCn2c(=O)c3cccn3c3ccc(Br)cc32)C1. The number of esters is 1. The third-order valence-electron chi connectivity index (χ3n) is 5.87. The number of fused-ring (bicyclic) bond motifs is 3. The van der Waals surface area contributed by atoms with Crippen LogP contribution >= 0.6 is 15.9 Å². The van der Waals surface area contributed by atoms with Crippen LogP contribution in [0, 0.1) is 5.92 Å². The fourth-order valence-electron chi connectivity index (χ4n) is 4.35. The maximum Gasteiger partial charge on any atom is 0.310 e. The smallest absolute Gasteiger partial charge is 0.310 e. The van der Waals surface area contributed by atoms with Crippen LogP contribution in [-0.4, -0.2) is 45.4 Å². The molecule has 0 N–H and O–H groups in total. The first kappa shape index (κ1) is 21.6. The van der Waals surface area contributed by atoms with Gasteiger partial charge >= 0.3 is 5.97 Å². The van der Waals surface area contributed by atoms with Crippen molar-refractivity contribution in [1.82, 2.24) is 13.9 Å². The minimum Gasteiger partial charge on any atom is -0.466 e. The Morgan fingerprint density at radius 2 is 2.03 bits per heavy atom. The van der Waals surface area contributed by atoms with Gasteiger partial charge in [0.1, 0.15) is 5.52 Å². The van der Waals surface area contributed by atoms with Crippen LogP contribution in [0.3, 0.4) is 0 Å². The summed E-state index contributed by atoms with van der Waals surface area (Å²) in [4.78, 5) is 39.6. The first-order valence-electron chi connectivity index (χ1n) is 10.7. The highest BCUT2D eigenvalue weighted by molar-refractivity contribution is 9.10. The highest BCUT2D eigenvalue weighted by atomic mass is 79.9. The number of rotatable bonds is 6. The Kier molecular flexibility index (Phi) is 6.46. The molecule has 1 amide bonds. The van der Waals surface area contributed by atoms with Crippen molar-refractivity contribution in [3.05, 3.63) is 51.4 Å². The van der Waals surface area contributed by atoms with Gasteiger partial charge in [0.25, 0.3) is 5.56 Å². The average Bonchev–Trinajstić information content (AvgIpc) is 3.26. The molecule has 3 aromatic rings. The zero-order valence-electron chi connectivity index (χ0n) is 17.6. The van der Waals surface area contributed by atoms with E-state index in [-0.39, 0.29) is 23.4 Å². The fraction of sp³-hybridized carbons (Fsp3) is 0.435. The molecule has 1 aromatic carbocycles. The first-order chi connectivity index (χ1) is 15.0. The summed E-state index contributed by atoms with van der Waals surface area (Å²) >= 11 is 3.49. The number of carbonyl (C=O) groups is 2. The van der Waals surface area contributed by atoms with Crippen LogP contribution in [0.2, 0.25) is 0 Å². The Balaban J connectivity index is 1.47. The second-order valence-electron chi connectivity index (χ2n) is 7.89. The molecular weight excluding hydrogens is 462 g/mol. The standard InChI is InChI=1S/C23H26BrN3O4/c1-2-31-23(30)16-6-3-11-25(15-16)21(28)8-5-13-27-20-14-17(24)9-10-18(20)26-12-4-7-19(26)22(27)29/h4,7,9-10,12,14,16H,2-3,5-6,8,11,13,15H2,1H3/t16-/m1/s1. The quantitative estimate of drug-likeness (QED) is 0.498. The molecule has 8 heteroatoms. The van der Waals surface area contributed by atoms with Crippen LogP contribution in [0.1, 0.15) is 32.6 Å². The van der Waals surface area contributed by atoms with Crippen LogP contribution in [0.4, 0.5) is 0 Å². The summed E-state index contributed by atoms with van der Waals surface area (Å²) in [5.41, 5.74) is 2.33. The molecule has 1 saturated heterocycles. The minimum atomic E-state index is -0.238. The number of benzene rings is 1. The van der Waals surface area contributed by atoms with E-state index in [9.17, 15) is 14.4 Å². The van der Waals surface area contributed by atoms with Crippen molar-refractivity contribution in [1.29, 1.82) is 0 Å². The van der Waals surface area contributed by atoms with Crippen LogP contribution in [-0.2, 0) is 20.9 Å². The van der Waals surface area contributed by atoms with Gasteiger partial charge in [-0.2, -0.15) is 0 Å². The Labute approximate surface area is 188 Å². The van der Waals surface area contributed by atoms with E-state index in [0.29, 0.717) is 44.6 Å². The van der Waals surface area contributed by atoms with Crippen LogP contribution in [0.15, 0.2) is 45.8 Å². The van der Waals surface area contributed by atoms with E-state index in [1.807, 2.05) is 40.9 Å². The van der Waals surface area contributed by atoms with Crippen molar-refractivity contribution in [2.75, 3.05) is 19.7 Å². The Bertz CT molecular complexity index is 1180. The molecule has 0 aliphatic carbocycles. The topological polar surface area (TPSA) is 73.0 Å². The summed E-state index contributed by atoms with van der Waals surface area (Å²) < 4.78 is 9.67. The van der Waals surface area contributed by atoms with Crippen LogP contribution in [0.5, 0.6) is 0 Å². The largest absolute Gasteiger partial charge is 0.466 e. The minimum absolute atomic E-state index is 0.0243. The van der Waals surface area contributed by atoms with E-state index in [4.69, 9.17) is 4.74 Å². The van der Waals surface area contributed by atoms with Gasteiger partial charge in [-0.05, 0) is 56.5 Å². The maximum absolute atomic E-state index is 13.1. The van der Waals surface area contributed by atoms with Gasteiger partial charge in [0.05, 0.1) is 23.6 Å². The molecule has 7 nitrogen and oxygen atoms in total. The lowest BCUT2D eigenvalue weighted by Crippen LogP contribution is -2.42. The van der Waals surface area contributed by atoms with Gasteiger partial charge in [0, 0.05) is 36.7 Å². The first-order valence-corrected chi connectivity index (χ1v) is 11.5. The normalized spacial score (nSPS) is 16.7. The molecule has 0 radical (unpaired) electrons. The monoisotopic (exact) mass is 487 g/mol. The lowest BCUT2D eigenvalue weighted by molar-refractivity contribution is -0.151. The molecule has 0 saturated carbocycles. The molecule has 164 valence electrons. The predicted molar refractivity (Wildman–Crippen MR) is 122 cm³/mol. The maximum atomic E-state index is 13.1. The molecule has 4 rings (SSSR count). The molecule has 0 bridgehead atoms. The van der Waals surface area contributed by atoms with Crippen molar-refractivity contribution in [3.8, 4) is 0 Å². The molecule has 31 heavy (non-hydrogen) atoms. The Morgan fingerprint density at radius 3 is 2.84 bits per heavy atom. The van der Waals surface area contributed by atoms with Gasteiger partial charge < -0.3 is 18.6 Å². The van der Waals surface area contributed by atoms with E-state index in [0.717, 1.165) is 28.3 Å². The van der Waals surface area contributed by atoms with E-state index in [1.165, 1.54) is 0 Å². The number of hydrogen-bond donors (Lipinski definition) is 0. The van der Waals surface area contributed by atoms with Crippen molar-refractivity contribution in [3.63, 3.8) is 0 Å². The number of aryl methyl sites for hydroxylation is 1. The zero-order chi connectivity index (χ0) is 22.0. The summed E-state index contributed by atoms with van der Waals surface area (Å²) in [6.07, 6.45) is 4.34. The van der Waals surface area contributed by atoms with Crippen molar-refractivity contribution in [2.24, 2.45) is 5.92 Å². The summed E-state index contributed by atoms with van der Waals surface area (Å²) in [5.74, 6) is -0.432. The van der Waals surface area contributed by atoms with Gasteiger partial charge in [0.2, 0.25) is 5.91 Å². The molecule has 0 unspecified atom stereocenters. The van der Waals surface area contributed by atoms with Crippen molar-refractivity contribution >= 4 is 44.4 Å². The Hall–Kier alpha value is -2.61. The number of ether oxygens (including phenoxy) is 1. The number of nitrogens with zero attached hydrogens (tertiary/aromatic N) is 3. The van der Waals surface area contributed by atoms with Crippen LogP contribution in [0.25, 0.3) is 16.6 Å². The van der Waals surface area contributed by atoms with E-state index >= 15 is 0 Å². The highest BCUT2D eigenvalue weighted by Gasteiger charge is 2.29. The Morgan fingerprint density at radius 1 is 1.19 bits per heavy atom. The van der Waals surface area contributed by atoms with E-state index in [1.54, 1.807) is 16.4 Å². The fourth-order valence-corrected chi connectivity index (χ4v) is 4.70. The summed E-state index contributed by atoms with van der Waals surface area (Å²) in [6.45, 7) is 3.69.